The first kappa shape index (κ1) is 16.6. The summed E-state index contributed by atoms with van der Waals surface area (Å²) >= 11 is 0. The molecule has 126 valence electrons. The first-order valence-electron chi connectivity index (χ1n) is 8.02. The molecule has 1 aliphatic rings. The van der Waals surface area contributed by atoms with Crippen LogP contribution in [-0.2, 0) is 22.7 Å². The van der Waals surface area contributed by atoms with Crippen LogP contribution >= 0.6 is 0 Å². The molecule has 0 radical (unpaired) electrons. The minimum absolute atomic E-state index is 0.0233. The molecular weight excluding hydrogens is 307 g/mol. The van der Waals surface area contributed by atoms with Gasteiger partial charge in [-0.25, -0.2) is 4.39 Å². The third-order valence-corrected chi connectivity index (χ3v) is 4.19. The van der Waals surface area contributed by atoms with Crippen molar-refractivity contribution < 1.29 is 13.9 Å². The SMILES string of the molecule is CN1CC(OCc2cccc(F)c2)C(NCc2ccccc2)C1=O. The highest BCUT2D eigenvalue weighted by Gasteiger charge is 2.38. The van der Waals surface area contributed by atoms with E-state index in [4.69, 9.17) is 4.74 Å². The zero-order chi connectivity index (χ0) is 16.9. The molecule has 2 aromatic carbocycles. The number of halogens is 1. The molecule has 2 aromatic rings. The van der Waals surface area contributed by atoms with E-state index in [1.165, 1.54) is 12.1 Å². The van der Waals surface area contributed by atoms with Gasteiger partial charge in [0.1, 0.15) is 11.9 Å². The maximum atomic E-state index is 13.2. The number of likely N-dealkylation sites (tertiary alicyclic amines) is 1. The number of carbonyl (C=O) groups excluding carboxylic acids is 1. The van der Waals surface area contributed by atoms with E-state index in [0.717, 1.165) is 11.1 Å². The maximum absolute atomic E-state index is 13.2. The van der Waals surface area contributed by atoms with Crippen LogP contribution in [0.5, 0.6) is 0 Å². The fourth-order valence-corrected chi connectivity index (χ4v) is 2.88. The van der Waals surface area contributed by atoms with Crippen molar-refractivity contribution >= 4 is 5.91 Å². The first-order valence-corrected chi connectivity index (χ1v) is 8.02. The average Bonchev–Trinajstić information content (AvgIpc) is 2.86. The lowest BCUT2D eigenvalue weighted by molar-refractivity contribution is -0.128. The van der Waals surface area contributed by atoms with E-state index in [0.29, 0.717) is 13.1 Å². The molecule has 3 rings (SSSR count). The van der Waals surface area contributed by atoms with Gasteiger partial charge in [0.25, 0.3) is 0 Å². The van der Waals surface area contributed by atoms with Gasteiger partial charge >= 0.3 is 0 Å². The van der Waals surface area contributed by atoms with E-state index in [9.17, 15) is 9.18 Å². The number of nitrogens with one attached hydrogen (secondary N) is 1. The molecule has 1 N–H and O–H groups in total. The molecule has 0 aliphatic carbocycles. The van der Waals surface area contributed by atoms with E-state index < -0.39 is 0 Å². The molecule has 0 saturated carbocycles. The van der Waals surface area contributed by atoms with Gasteiger partial charge in [-0.15, -0.1) is 0 Å². The summed E-state index contributed by atoms with van der Waals surface area (Å²) in [7, 11) is 1.77. The second-order valence-corrected chi connectivity index (χ2v) is 6.04. The summed E-state index contributed by atoms with van der Waals surface area (Å²) < 4.78 is 19.1. The monoisotopic (exact) mass is 328 g/mol. The summed E-state index contributed by atoms with van der Waals surface area (Å²) in [6.07, 6.45) is -0.255. The Labute approximate surface area is 141 Å². The third-order valence-electron chi connectivity index (χ3n) is 4.19. The fraction of sp³-hybridized carbons (Fsp3) is 0.316. The minimum atomic E-state index is -0.385. The predicted octanol–water partition coefficient (Wildman–Crippen LogP) is 2.34. The summed E-state index contributed by atoms with van der Waals surface area (Å²) in [4.78, 5) is 14.0. The van der Waals surface area contributed by atoms with E-state index >= 15 is 0 Å². The van der Waals surface area contributed by atoms with Crippen molar-refractivity contribution in [2.45, 2.75) is 25.3 Å². The van der Waals surface area contributed by atoms with Gasteiger partial charge in [0.05, 0.1) is 12.7 Å². The van der Waals surface area contributed by atoms with Crippen LogP contribution in [0.1, 0.15) is 11.1 Å². The Kier molecular flexibility index (Phi) is 5.23. The second kappa shape index (κ2) is 7.55. The summed E-state index contributed by atoms with van der Waals surface area (Å²) in [5.74, 6) is -0.260. The number of nitrogens with zero attached hydrogens (tertiary/aromatic N) is 1. The summed E-state index contributed by atoms with van der Waals surface area (Å²) in [6, 6.07) is 15.9. The van der Waals surface area contributed by atoms with Crippen molar-refractivity contribution in [2.75, 3.05) is 13.6 Å². The summed E-state index contributed by atoms with van der Waals surface area (Å²) in [5, 5.41) is 3.29. The summed E-state index contributed by atoms with van der Waals surface area (Å²) in [6.45, 7) is 1.42. The fourth-order valence-electron chi connectivity index (χ4n) is 2.88. The van der Waals surface area contributed by atoms with Crippen LogP contribution in [0.15, 0.2) is 54.6 Å². The number of rotatable bonds is 6. The van der Waals surface area contributed by atoms with E-state index in [2.05, 4.69) is 5.32 Å². The number of ether oxygens (including phenoxy) is 1. The van der Waals surface area contributed by atoms with Crippen molar-refractivity contribution in [1.29, 1.82) is 0 Å². The van der Waals surface area contributed by atoms with Gasteiger partial charge in [-0.2, -0.15) is 0 Å². The van der Waals surface area contributed by atoms with Gasteiger partial charge in [-0.1, -0.05) is 42.5 Å². The third kappa shape index (κ3) is 3.99. The molecule has 0 bridgehead atoms. The summed E-state index contributed by atoms with van der Waals surface area (Å²) in [5.41, 5.74) is 1.88. The van der Waals surface area contributed by atoms with Crippen LogP contribution in [-0.4, -0.2) is 36.5 Å². The zero-order valence-electron chi connectivity index (χ0n) is 13.6. The molecule has 2 atom stereocenters. The van der Waals surface area contributed by atoms with Gasteiger partial charge in [-0.05, 0) is 23.3 Å². The Morgan fingerprint density at radius 2 is 1.92 bits per heavy atom. The predicted molar refractivity (Wildman–Crippen MR) is 89.7 cm³/mol. The minimum Gasteiger partial charge on any atom is -0.370 e. The van der Waals surface area contributed by atoms with Crippen molar-refractivity contribution in [1.82, 2.24) is 10.2 Å². The van der Waals surface area contributed by atoms with Crippen molar-refractivity contribution in [3.8, 4) is 0 Å². The van der Waals surface area contributed by atoms with Gasteiger partial charge < -0.3 is 9.64 Å². The van der Waals surface area contributed by atoms with E-state index in [1.54, 1.807) is 18.0 Å². The number of likely N-dealkylation sites (N-methyl/N-ethyl adjacent to an activating group) is 1. The molecule has 1 fully saturated rings. The molecule has 1 saturated heterocycles. The first-order chi connectivity index (χ1) is 11.6. The number of hydrogen-bond donors (Lipinski definition) is 1. The van der Waals surface area contributed by atoms with Gasteiger partial charge in [0.15, 0.2) is 0 Å². The quantitative estimate of drug-likeness (QED) is 0.885. The molecule has 2 unspecified atom stereocenters. The van der Waals surface area contributed by atoms with Crippen molar-refractivity contribution in [2.24, 2.45) is 0 Å². The van der Waals surface area contributed by atoms with Gasteiger partial charge in [0.2, 0.25) is 5.91 Å². The molecule has 1 aliphatic heterocycles. The van der Waals surface area contributed by atoms with Crippen LogP contribution in [0.4, 0.5) is 4.39 Å². The highest BCUT2D eigenvalue weighted by Crippen LogP contribution is 2.17. The Hall–Kier alpha value is -2.24. The van der Waals surface area contributed by atoms with E-state index in [-0.39, 0.29) is 30.5 Å². The Morgan fingerprint density at radius 1 is 1.17 bits per heavy atom. The van der Waals surface area contributed by atoms with Crippen molar-refractivity contribution in [3.63, 3.8) is 0 Å². The van der Waals surface area contributed by atoms with Crippen LogP contribution in [0.2, 0.25) is 0 Å². The van der Waals surface area contributed by atoms with Crippen molar-refractivity contribution in [3.05, 3.63) is 71.5 Å². The molecule has 24 heavy (non-hydrogen) atoms. The zero-order valence-corrected chi connectivity index (χ0v) is 13.6. The molecule has 1 amide bonds. The Morgan fingerprint density at radius 3 is 2.67 bits per heavy atom. The molecule has 4 nitrogen and oxygen atoms in total. The molecule has 0 spiro atoms. The number of carbonyl (C=O) groups is 1. The van der Waals surface area contributed by atoms with Crippen LogP contribution in [0, 0.1) is 5.82 Å². The van der Waals surface area contributed by atoms with Gasteiger partial charge in [-0.3, -0.25) is 10.1 Å². The lowest BCUT2D eigenvalue weighted by Crippen LogP contribution is -2.43. The largest absolute Gasteiger partial charge is 0.370 e. The molecular formula is C19H21FN2O2. The van der Waals surface area contributed by atoms with Crippen LogP contribution in [0.25, 0.3) is 0 Å². The normalized spacial score (nSPS) is 20.6. The Balaban J connectivity index is 1.61. The lowest BCUT2D eigenvalue weighted by atomic mass is 10.1. The average molecular weight is 328 g/mol. The maximum Gasteiger partial charge on any atom is 0.242 e. The standard InChI is InChI=1S/C19H21FN2O2/c1-22-12-17(24-13-15-8-5-9-16(20)10-15)18(19(22)23)21-11-14-6-3-2-4-7-14/h2-10,17-18,21H,11-13H2,1H3. The highest BCUT2D eigenvalue weighted by molar-refractivity contribution is 5.84. The molecule has 5 heteroatoms. The highest BCUT2D eigenvalue weighted by atomic mass is 19.1. The lowest BCUT2D eigenvalue weighted by Gasteiger charge is -2.19. The topological polar surface area (TPSA) is 41.6 Å². The Bertz CT molecular complexity index is 693. The smallest absolute Gasteiger partial charge is 0.242 e. The van der Waals surface area contributed by atoms with E-state index in [1.807, 2.05) is 36.4 Å². The second-order valence-electron chi connectivity index (χ2n) is 6.04. The van der Waals surface area contributed by atoms with Crippen LogP contribution in [0.3, 0.4) is 0 Å². The number of benzene rings is 2. The molecule has 0 aromatic heterocycles. The number of hydrogen-bond acceptors (Lipinski definition) is 3. The number of amides is 1. The molecule has 1 heterocycles. The van der Waals surface area contributed by atoms with Gasteiger partial charge in [0, 0.05) is 20.1 Å². The van der Waals surface area contributed by atoms with Crippen LogP contribution < -0.4 is 5.32 Å².